The number of carboxylic acids is 1. The van der Waals surface area contributed by atoms with Gasteiger partial charge in [0.2, 0.25) is 6.10 Å². The Balaban J connectivity index is 2.85. The highest BCUT2D eigenvalue weighted by atomic mass is 16.4. The summed E-state index contributed by atoms with van der Waals surface area (Å²) in [5.41, 5.74) is 0.319. The predicted molar refractivity (Wildman–Crippen MR) is 38.4 cm³/mol. The molecule has 0 unspecified atom stereocenters. The summed E-state index contributed by atoms with van der Waals surface area (Å²) in [6, 6.07) is 8.13. The van der Waals surface area contributed by atoms with Crippen molar-refractivity contribution < 1.29 is 15.0 Å². The number of hydrogen-bond acceptors (Lipinski definition) is 2. The number of carbonyl (C=O) groups is 1. The molecule has 57 valence electrons. The minimum atomic E-state index is -1.31. The summed E-state index contributed by atoms with van der Waals surface area (Å²) >= 11 is 0. The first kappa shape index (κ1) is 7.75. The SMILES string of the molecule is O=C(O)[C](O)c1ccccc1. The lowest BCUT2D eigenvalue weighted by Crippen LogP contribution is -2.10. The molecule has 0 aliphatic rings. The quantitative estimate of drug-likeness (QED) is 0.663. The lowest BCUT2D eigenvalue weighted by molar-refractivity contribution is -0.138. The van der Waals surface area contributed by atoms with Crippen molar-refractivity contribution in [2.75, 3.05) is 0 Å². The van der Waals surface area contributed by atoms with Crippen LogP contribution in [0.4, 0.5) is 0 Å². The first-order valence-electron chi connectivity index (χ1n) is 3.06. The zero-order valence-corrected chi connectivity index (χ0v) is 5.69. The maximum absolute atomic E-state index is 10.2. The van der Waals surface area contributed by atoms with E-state index in [0.717, 1.165) is 0 Å². The van der Waals surface area contributed by atoms with E-state index < -0.39 is 12.1 Å². The van der Waals surface area contributed by atoms with E-state index in [1.54, 1.807) is 18.2 Å². The zero-order valence-electron chi connectivity index (χ0n) is 5.69. The van der Waals surface area contributed by atoms with Gasteiger partial charge in [-0.1, -0.05) is 30.3 Å². The minimum Gasteiger partial charge on any atom is -0.479 e. The van der Waals surface area contributed by atoms with Crippen LogP contribution in [0.1, 0.15) is 5.56 Å². The van der Waals surface area contributed by atoms with Crippen LogP contribution in [0.3, 0.4) is 0 Å². The van der Waals surface area contributed by atoms with Crippen molar-refractivity contribution >= 4 is 5.97 Å². The van der Waals surface area contributed by atoms with Gasteiger partial charge >= 0.3 is 5.97 Å². The Kier molecular flexibility index (Phi) is 2.23. The highest BCUT2D eigenvalue weighted by molar-refractivity contribution is 5.84. The van der Waals surface area contributed by atoms with E-state index in [1.807, 2.05) is 0 Å². The second kappa shape index (κ2) is 3.16. The summed E-state index contributed by atoms with van der Waals surface area (Å²) in [6.45, 7) is 0. The smallest absolute Gasteiger partial charge is 0.344 e. The Labute approximate surface area is 63.9 Å². The number of hydrogen-bond donors (Lipinski definition) is 2. The molecule has 0 fully saturated rings. The standard InChI is InChI=1S/C8H7O3/c9-7(8(10)11)6-4-2-1-3-5-6/h1-5,9H,(H,10,11). The Bertz CT molecular complexity index is 243. The number of benzene rings is 1. The van der Waals surface area contributed by atoms with Crippen LogP contribution in [0.5, 0.6) is 0 Å². The monoisotopic (exact) mass is 151 g/mol. The van der Waals surface area contributed by atoms with Crippen LogP contribution in [-0.4, -0.2) is 16.2 Å². The molecule has 1 radical (unpaired) electrons. The largest absolute Gasteiger partial charge is 0.479 e. The summed E-state index contributed by atoms with van der Waals surface area (Å²) in [6.07, 6.45) is -0.620. The van der Waals surface area contributed by atoms with Gasteiger partial charge < -0.3 is 10.2 Å². The molecule has 0 aliphatic carbocycles. The molecule has 0 aromatic heterocycles. The summed E-state index contributed by atoms with van der Waals surface area (Å²) in [5.74, 6) is -1.31. The van der Waals surface area contributed by atoms with Gasteiger partial charge in [-0.2, -0.15) is 0 Å². The molecule has 0 saturated carbocycles. The van der Waals surface area contributed by atoms with Crippen molar-refractivity contribution in [2.24, 2.45) is 0 Å². The first-order valence-corrected chi connectivity index (χ1v) is 3.06. The van der Waals surface area contributed by atoms with E-state index in [2.05, 4.69) is 0 Å². The third kappa shape index (κ3) is 1.78. The molecule has 0 spiro atoms. The molecule has 0 amide bonds. The van der Waals surface area contributed by atoms with Crippen LogP contribution < -0.4 is 0 Å². The first-order chi connectivity index (χ1) is 5.22. The molecular weight excluding hydrogens is 144 g/mol. The van der Waals surface area contributed by atoms with Crippen molar-refractivity contribution in [3.63, 3.8) is 0 Å². The van der Waals surface area contributed by atoms with Gasteiger partial charge in [0.05, 0.1) is 0 Å². The molecule has 0 bridgehead atoms. The summed E-state index contributed by atoms with van der Waals surface area (Å²) < 4.78 is 0. The fourth-order valence-corrected chi connectivity index (χ4v) is 0.719. The van der Waals surface area contributed by atoms with Crippen LogP contribution >= 0.6 is 0 Å². The molecule has 0 saturated heterocycles. The molecule has 1 aromatic rings. The summed E-state index contributed by atoms with van der Waals surface area (Å²) in [5, 5.41) is 17.3. The molecule has 0 aliphatic heterocycles. The van der Waals surface area contributed by atoms with E-state index >= 15 is 0 Å². The lowest BCUT2D eigenvalue weighted by Gasteiger charge is -2.01. The predicted octanol–water partition coefficient (Wildman–Crippen LogP) is 1.02. The fourth-order valence-electron chi connectivity index (χ4n) is 0.719. The van der Waals surface area contributed by atoms with Crippen LogP contribution in [0.25, 0.3) is 0 Å². The highest BCUT2D eigenvalue weighted by Crippen LogP contribution is 2.09. The Morgan fingerprint density at radius 2 is 1.64 bits per heavy atom. The second-order valence-corrected chi connectivity index (χ2v) is 2.02. The molecule has 0 heterocycles. The van der Waals surface area contributed by atoms with Gasteiger partial charge in [-0.05, 0) is 5.56 Å². The maximum Gasteiger partial charge on any atom is 0.344 e. The average Bonchev–Trinajstić information content (AvgIpc) is 2.05. The lowest BCUT2D eigenvalue weighted by atomic mass is 10.1. The van der Waals surface area contributed by atoms with Crippen molar-refractivity contribution in [3.05, 3.63) is 42.0 Å². The van der Waals surface area contributed by atoms with Gasteiger partial charge in [0, 0.05) is 0 Å². The topological polar surface area (TPSA) is 57.5 Å². The Morgan fingerprint density at radius 1 is 1.09 bits per heavy atom. The zero-order chi connectivity index (χ0) is 8.27. The van der Waals surface area contributed by atoms with E-state index in [4.69, 9.17) is 10.2 Å². The highest BCUT2D eigenvalue weighted by Gasteiger charge is 2.16. The number of rotatable bonds is 2. The Morgan fingerprint density at radius 3 is 2.09 bits per heavy atom. The normalized spacial score (nSPS) is 10.0. The van der Waals surface area contributed by atoms with Crippen molar-refractivity contribution in [1.29, 1.82) is 0 Å². The average molecular weight is 151 g/mol. The van der Waals surface area contributed by atoms with Crippen molar-refractivity contribution in [1.82, 2.24) is 0 Å². The van der Waals surface area contributed by atoms with E-state index in [-0.39, 0.29) is 0 Å². The number of carboxylic acid groups (broad SMARTS) is 1. The van der Waals surface area contributed by atoms with E-state index in [0.29, 0.717) is 5.56 Å². The molecule has 1 rings (SSSR count). The van der Waals surface area contributed by atoms with E-state index in [9.17, 15) is 4.79 Å². The van der Waals surface area contributed by atoms with Crippen LogP contribution in [-0.2, 0) is 4.79 Å². The third-order valence-electron chi connectivity index (χ3n) is 1.25. The minimum absolute atomic E-state index is 0.319. The number of aliphatic carboxylic acids is 1. The second-order valence-electron chi connectivity index (χ2n) is 2.02. The van der Waals surface area contributed by atoms with Gasteiger partial charge in [0.25, 0.3) is 0 Å². The van der Waals surface area contributed by atoms with Crippen LogP contribution in [0.2, 0.25) is 0 Å². The molecule has 11 heavy (non-hydrogen) atoms. The van der Waals surface area contributed by atoms with Gasteiger partial charge in [-0.3, -0.25) is 0 Å². The third-order valence-corrected chi connectivity index (χ3v) is 1.25. The molecule has 1 aromatic carbocycles. The molecule has 0 atom stereocenters. The molecule has 2 N–H and O–H groups in total. The van der Waals surface area contributed by atoms with E-state index in [1.165, 1.54) is 12.1 Å². The molecular formula is C8H7O3. The van der Waals surface area contributed by atoms with Gasteiger partial charge in [-0.15, -0.1) is 0 Å². The van der Waals surface area contributed by atoms with Crippen molar-refractivity contribution in [2.45, 2.75) is 0 Å². The van der Waals surface area contributed by atoms with Crippen LogP contribution in [0.15, 0.2) is 30.3 Å². The molecule has 3 nitrogen and oxygen atoms in total. The number of aliphatic hydroxyl groups is 1. The van der Waals surface area contributed by atoms with Gasteiger partial charge in [0.1, 0.15) is 0 Å². The van der Waals surface area contributed by atoms with Gasteiger partial charge in [-0.25, -0.2) is 4.79 Å². The van der Waals surface area contributed by atoms with Gasteiger partial charge in [0.15, 0.2) is 0 Å². The summed E-state index contributed by atoms with van der Waals surface area (Å²) in [4.78, 5) is 10.2. The Hall–Kier alpha value is -1.35. The van der Waals surface area contributed by atoms with Crippen molar-refractivity contribution in [3.8, 4) is 0 Å². The number of aliphatic hydroxyl groups excluding tert-OH is 1. The molecule has 3 heteroatoms. The summed E-state index contributed by atoms with van der Waals surface area (Å²) in [7, 11) is 0. The maximum atomic E-state index is 10.2. The fraction of sp³-hybridized carbons (Fsp3) is 0. The van der Waals surface area contributed by atoms with Crippen LogP contribution in [0, 0.1) is 6.10 Å².